The average Bonchev–Trinajstić information content (AvgIpc) is 2.25. The molecule has 0 aliphatic rings. The van der Waals surface area contributed by atoms with E-state index in [9.17, 15) is 8.78 Å². The van der Waals surface area contributed by atoms with Crippen LogP contribution in [0, 0.1) is 17.0 Å². The molecule has 0 spiro atoms. The molecule has 17 heavy (non-hydrogen) atoms. The summed E-state index contributed by atoms with van der Waals surface area (Å²) in [6.45, 7) is 8.06. The van der Waals surface area contributed by atoms with Crippen LogP contribution in [-0.2, 0) is 6.42 Å². The smallest absolute Gasteiger partial charge is 0.126 e. The summed E-state index contributed by atoms with van der Waals surface area (Å²) >= 11 is 0. The van der Waals surface area contributed by atoms with E-state index in [0.29, 0.717) is 6.42 Å². The molecule has 1 aromatic carbocycles. The third-order valence-electron chi connectivity index (χ3n) is 3.21. The van der Waals surface area contributed by atoms with Crippen molar-refractivity contribution in [3.05, 3.63) is 35.4 Å². The summed E-state index contributed by atoms with van der Waals surface area (Å²) in [5.74, 6) is -0.996. The summed E-state index contributed by atoms with van der Waals surface area (Å²) in [4.78, 5) is 0. The van der Waals surface area contributed by atoms with Crippen LogP contribution in [0.3, 0.4) is 0 Å². The van der Waals surface area contributed by atoms with Crippen LogP contribution in [0.2, 0.25) is 0 Å². The minimum atomic E-state index is -0.498. The molecule has 1 N–H and O–H groups in total. The average molecular weight is 241 g/mol. The fourth-order valence-electron chi connectivity index (χ4n) is 1.95. The Morgan fingerprint density at radius 2 is 1.71 bits per heavy atom. The van der Waals surface area contributed by atoms with Crippen LogP contribution in [0.15, 0.2) is 18.2 Å². The molecule has 1 unspecified atom stereocenters. The van der Waals surface area contributed by atoms with Crippen LogP contribution in [0.4, 0.5) is 8.78 Å². The molecule has 0 bridgehead atoms. The zero-order valence-corrected chi connectivity index (χ0v) is 10.8. The third-order valence-corrected chi connectivity index (χ3v) is 3.21. The van der Waals surface area contributed by atoms with Gasteiger partial charge in [0.2, 0.25) is 0 Å². The van der Waals surface area contributed by atoms with Crippen LogP contribution in [-0.4, -0.2) is 13.1 Å². The number of nitrogens with one attached hydrogen (secondary N) is 1. The zero-order chi connectivity index (χ0) is 12.9. The molecule has 3 heteroatoms. The lowest BCUT2D eigenvalue weighted by Gasteiger charge is -2.28. The maximum Gasteiger partial charge on any atom is 0.126 e. The molecular weight excluding hydrogens is 220 g/mol. The van der Waals surface area contributed by atoms with Gasteiger partial charge in [-0.1, -0.05) is 20.8 Å². The second-order valence-electron chi connectivity index (χ2n) is 4.90. The molecule has 0 saturated heterocycles. The van der Waals surface area contributed by atoms with Gasteiger partial charge in [0, 0.05) is 12.6 Å². The van der Waals surface area contributed by atoms with Gasteiger partial charge in [-0.2, -0.15) is 0 Å². The maximum atomic E-state index is 13.1. The lowest BCUT2D eigenvalue weighted by Crippen LogP contribution is -2.33. The highest BCUT2D eigenvalue weighted by Crippen LogP contribution is 2.26. The Morgan fingerprint density at radius 1 is 1.12 bits per heavy atom. The Bertz CT molecular complexity index is 345. The highest BCUT2D eigenvalue weighted by Gasteiger charge is 2.22. The Kier molecular flexibility index (Phi) is 5.06. The molecule has 96 valence electrons. The van der Waals surface area contributed by atoms with Gasteiger partial charge in [-0.25, -0.2) is 8.78 Å². The van der Waals surface area contributed by atoms with Gasteiger partial charge in [0.1, 0.15) is 11.6 Å². The van der Waals surface area contributed by atoms with Crippen molar-refractivity contribution in [2.75, 3.05) is 13.1 Å². The molecule has 1 aromatic rings. The van der Waals surface area contributed by atoms with Crippen LogP contribution >= 0.6 is 0 Å². The topological polar surface area (TPSA) is 12.0 Å². The van der Waals surface area contributed by atoms with Crippen molar-refractivity contribution in [1.82, 2.24) is 5.32 Å². The Labute approximate surface area is 102 Å². The zero-order valence-electron chi connectivity index (χ0n) is 10.8. The standard InChI is InChI=1S/C14H21F2N/c1-4-14(3,10-17-5-2)9-11-6-12(15)8-13(16)7-11/h6-8,17H,4-5,9-10H2,1-3H3. The van der Waals surface area contributed by atoms with Crippen LogP contribution in [0.25, 0.3) is 0 Å². The third kappa shape index (κ3) is 4.43. The number of hydrogen-bond acceptors (Lipinski definition) is 1. The summed E-state index contributed by atoms with van der Waals surface area (Å²) in [5, 5.41) is 3.30. The molecular formula is C14H21F2N. The second kappa shape index (κ2) is 6.10. The number of benzene rings is 1. The Hall–Kier alpha value is -0.960. The number of halogens is 2. The van der Waals surface area contributed by atoms with E-state index in [4.69, 9.17) is 0 Å². The minimum absolute atomic E-state index is 0.0379. The summed E-state index contributed by atoms with van der Waals surface area (Å²) in [6.07, 6.45) is 1.66. The quantitative estimate of drug-likeness (QED) is 0.803. The normalized spacial score (nSPS) is 14.6. The molecule has 1 atom stereocenters. The highest BCUT2D eigenvalue weighted by atomic mass is 19.1. The largest absolute Gasteiger partial charge is 0.316 e. The van der Waals surface area contributed by atoms with Crippen molar-refractivity contribution in [2.24, 2.45) is 5.41 Å². The van der Waals surface area contributed by atoms with E-state index < -0.39 is 11.6 Å². The van der Waals surface area contributed by atoms with Gasteiger partial charge < -0.3 is 5.32 Å². The van der Waals surface area contributed by atoms with Crippen molar-refractivity contribution in [3.63, 3.8) is 0 Å². The van der Waals surface area contributed by atoms with Gasteiger partial charge in [0.15, 0.2) is 0 Å². The first-order chi connectivity index (χ1) is 7.99. The predicted octanol–water partition coefficient (Wildman–Crippen LogP) is 3.53. The summed E-state index contributed by atoms with van der Waals surface area (Å²) in [5.41, 5.74) is 0.765. The van der Waals surface area contributed by atoms with E-state index in [1.54, 1.807) is 0 Å². The van der Waals surface area contributed by atoms with Gasteiger partial charge in [0.05, 0.1) is 0 Å². The predicted molar refractivity (Wildman–Crippen MR) is 67.0 cm³/mol. The first-order valence-electron chi connectivity index (χ1n) is 6.15. The first-order valence-corrected chi connectivity index (χ1v) is 6.15. The number of rotatable bonds is 6. The van der Waals surface area contributed by atoms with Crippen LogP contribution in [0.1, 0.15) is 32.8 Å². The van der Waals surface area contributed by atoms with Crippen molar-refractivity contribution >= 4 is 0 Å². The minimum Gasteiger partial charge on any atom is -0.316 e. The fraction of sp³-hybridized carbons (Fsp3) is 0.571. The van der Waals surface area contributed by atoms with E-state index in [1.807, 2.05) is 0 Å². The van der Waals surface area contributed by atoms with E-state index in [-0.39, 0.29) is 5.41 Å². The molecule has 0 aliphatic heterocycles. The lowest BCUT2D eigenvalue weighted by atomic mass is 9.81. The highest BCUT2D eigenvalue weighted by molar-refractivity contribution is 5.19. The van der Waals surface area contributed by atoms with Crippen molar-refractivity contribution in [2.45, 2.75) is 33.6 Å². The SMILES string of the molecule is CCNCC(C)(CC)Cc1cc(F)cc(F)c1. The molecule has 0 radical (unpaired) electrons. The van der Waals surface area contributed by atoms with E-state index in [2.05, 4.69) is 26.1 Å². The van der Waals surface area contributed by atoms with Crippen LogP contribution < -0.4 is 5.32 Å². The molecule has 0 fully saturated rings. The van der Waals surface area contributed by atoms with Crippen molar-refractivity contribution in [3.8, 4) is 0 Å². The molecule has 0 aromatic heterocycles. The Balaban J connectivity index is 2.79. The molecule has 0 heterocycles. The summed E-state index contributed by atoms with van der Waals surface area (Å²) in [7, 11) is 0. The van der Waals surface area contributed by atoms with Gasteiger partial charge in [-0.05, 0) is 42.5 Å². The van der Waals surface area contributed by atoms with Gasteiger partial charge in [0.25, 0.3) is 0 Å². The molecule has 0 amide bonds. The molecule has 1 nitrogen and oxygen atoms in total. The van der Waals surface area contributed by atoms with Crippen molar-refractivity contribution < 1.29 is 8.78 Å². The van der Waals surface area contributed by atoms with E-state index in [1.165, 1.54) is 12.1 Å². The van der Waals surface area contributed by atoms with Crippen LogP contribution in [0.5, 0.6) is 0 Å². The fourth-order valence-corrected chi connectivity index (χ4v) is 1.95. The monoisotopic (exact) mass is 241 g/mol. The van der Waals surface area contributed by atoms with E-state index >= 15 is 0 Å². The van der Waals surface area contributed by atoms with Crippen molar-refractivity contribution in [1.29, 1.82) is 0 Å². The maximum absolute atomic E-state index is 13.1. The first kappa shape index (κ1) is 14.1. The van der Waals surface area contributed by atoms with Gasteiger partial charge in [-0.3, -0.25) is 0 Å². The van der Waals surface area contributed by atoms with Gasteiger partial charge in [-0.15, -0.1) is 0 Å². The summed E-state index contributed by atoms with van der Waals surface area (Å²) in [6, 6.07) is 3.75. The Morgan fingerprint density at radius 3 is 2.18 bits per heavy atom. The lowest BCUT2D eigenvalue weighted by molar-refractivity contribution is 0.292. The molecule has 0 saturated carbocycles. The number of hydrogen-bond donors (Lipinski definition) is 1. The van der Waals surface area contributed by atoms with E-state index in [0.717, 1.165) is 31.1 Å². The summed E-state index contributed by atoms with van der Waals surface area (Å²) < 4.78 is 26.2. The molecule has 0 aliphatic carbocycles. The second-order valence-corrected chi connectivity index (χ2v) is 4.90. The molecule has 1 rings (SSSR count). The van der Waals surface area contributed by atoms with Gasteiger partial charge >= 0.3 is 0 Å².